The van der Waals surface area contributed by atoms with Crippen LogP contribution in [-0.2, 0) is 4.79 Å². The molecule has 0 spiro atoms. The third kappa shape index (κ3) is 4.99. The van der Waals surface area contributed by atoms with Gasteiger partial charge >= 0.3 is 0 Å². The van der Waals surface area contributed by atoms with Gasteiger partial charge in [-0.3, -0.25) is 4.79 Å². The van der Waals surface area contributed by atoms with Gasteiger partial charge in [0.25, 0.3) is 5.88 Å². The second-order valence-electron chi connectivity index (χ2n) is 7.83. The highest BCUT2D eigenvalue weighted by Crippen LogP contribution is 2.31. The van der Waals surface area contributed by atoms with Gasteiger partial charge in [-0.2, -0.15) is 0 Å². The molecule has 0 bridgehead atoms. The standard InChI is InChI=1S/C24H25FN4O2/c1-16-5-8-20(9-6-16)31-24-22(26-11-12-27-24)29-13-3-4-18(15-29)23(30)28-21-10-7-19(25)14-17(21)2/h5-12,14,18H,3-4,13,15H2,1-2H3,(H,28,30). The molecule has 4 rings (SSSR count). The van der Waals surface area contributed by atoms with Crippen LogP contribution < -0.4 is 15.0 Å². The fraction of sp³-hybridized carbons (Fsp3) is 0.292. The van der Waals surface area contributed by atoms with Gasteiger partial charge in [-0.05, 0) is 62.6 Å². The summed E-state index contributed by atoms with van der Waals surface area (Å²) in [4.78, 5) is 23.8. The summed E-state index contributed by atoms with van der Waals surface area (Å²) in [6, 6.07) is 12.1. The van der Waals surface area contributed by atoms with Gasteiger partial charge in [0.2, 0.25) is 5.91 Å². The number of carbonyl (C=O) groups excluding carboxylic acids is 1. The SMILES string of the molecule is Cc1ccc(Oc2nccnc2N2CCCC(C(=O)Nc3ccc(F)cc3C)C2)cc1. The second kappa shape index (κ2) is 9.12. The number of hydrogen-bond donors (Lipinski definition) is 1. The van der Waals surface area contributed by atoms with Crippen LogP contribution in [-0.4, -0.2) is 29.0 Å². The molecule has 2 heterocycles. The van der Waals surface area contributed by atoms with Crippen LogP contribution in [0, 0.1) is 25.6 Å². The van der Waals surface area contributed by atoms with E-state index in [9.17, 15) is 9.18 Å². The van der Waals surface area contributed by atoms with Crippen LogP contribution in [0.3, 0.4) is 0 Å². The van der Waals surface area contributed by atoms with E-state index in [-0.39, 0.29) is 17.6 Å². The van der Waals surface area contributed by atoms with E-state index in [1.165, 1.54) is 12.1 Å². The zero-order valence-corrected chi connectivity index (χ0v) is 17.6. The number of ether oxygens (including phenoxy) is 1. The van der Waals surface area contributed by atoms with Crippen molar-refractivity contribution in [2.75, 3.05) is 23.3 Å². The highest BCUT2D eigenvalue weighted by Gasteiger charge is 2.29. The third-order valence-electron chi connectivity index (χ3n) is 5.42. The molecule has 1 unspecified atom stereocenters. The van der Waals surface area contributed by atoms with Gasteiger partial charge in [-0.15, -0.1) is 0 Å². The molecule has 1 fully saturated rings. The maximum absolute atomic E-state index is 13.3. The summed E-state index contributed by atoms with van der Waals surface area (Å²) in [6.45, 7) is 5.07. The van der Waals surface area contributed by atoms with Gasteiger partial charge in [-0.25, -0.2) is 14.4 Å². The van der Waals surface area contributed by atoms with Gasteiger partial charge in [0.05, 0.1) is 5.92 Å². The lowest BCUT2D eigenvalue weighted by molar-refractivity contribution is -0.120. The Kier molecular flexibility index (Phi) is 6.11. The van der Waals surface area contributed by atoms with Crippen molar-refractivity contribution in [3.8, 4) is 11.6 Å². The molecule has 7 heteroatoms. The number of carbonyl (C=O) groups is 1. The molecule has 1 aliphatic rings. The zero-order valence-electron chi connectivity index (χ0n) is 17.6. The molecule has 2 aromatic carbocycles. The van der Waals surface area contributed by atoms with Gasteiger partial charge in [0.1, 0.15) is 11.6 Å². The van der Waals surface area contributed by atoms with E-state index >= 15 is 0 Å². The lowest BCUT2D eigenvalue weighted by Crippen LogP contribution is -2.41. The average Bonchev–Trinajstić information content (AvgIpc) is 2.78. The predicted molar refractivity (Wildman–Crippen MR) is 118 cm³/mol. The first-order chi connectivity index (χ1) is 15.0. The molecule has 1 saturated heterocycles. The first-order valence-electron chi connectivity index (χ1n) is 10.4. The number of aromatic nitrogens is 2. The number of benzene rings is 2. The first kappa shape index (κ1) is 20.8. The molecule has 31 heavy (non-hydrogen) atoms. The quantitative estimate of drug-likeness (QED) is 0.637. The molecule has 1 amide bonds. The maximum atomic E-state index is 13.3. The van der Waals surface area contributed by atoms with Gasteiger partial charge in [0, 0.05) is 31.2 Å². The number of aryl methyl sites for hydroxylation is 2. The van der Waals surface area contributed by atoms with Gasteiger partial charge in [0.15, 0.2) is 5.82 Å². The first-order valence-corrected chi connectivity index (χ1v) is 10.4. The van der Waals surface area contributed by atoms with E-state index in [0.717, 1.165) is 24.9 Å². The van der Waals surface area contributed by atoms with E-state index in [0.29, 0.717) is 35.2 Å². The number of rotatable bonds is 5. The summed E-state index contributed by atoms with van der Waals surface area (Å²) in [5.41, 5.74) is 2.48. The van der Waals surface area contributed by atoms with Crippen LogP contribution in [0.15, 0.2) is 54.9 Å². The molecular formula is C24H25FN4O2. The van der Waals surface area contributed by atoms with Crippen LogP contribution in [0.25, 0.3) is 0 Å². The van der Waals surface area contributed by atoms with Crippen molar-refractivity contribution in [1.82, 2.24) is 9.97 Å². The Hall–Kier alpha value is -3.48. The normalized spacial score (nSPS) is 16.1. The molecule has 160 valence electrons. The number of halogens is 1. The van der Waals surface area contributed by atoms with E-state index in [1.54, 1.807) is 25.4 Å². The van der Waals surface area contributed by atoms with Crippen LogP contribution in [0.1, 0.15) is 24.0 Å². The monoisotopic (exact) mass is 420 g/mol. The lowest BCUT2D eigenvalue weighted by atomic mass is 9.97. The van der Waals surface area contributed by atoms with Gasteiger partial charge < -0.3 is 15.0 Å². The Labute approximate surface area is 181 Å². The van der Waals surface area contributed by atoms with Crippen molar-refractivity contribution in [3.63, 3.8) is 0 Å². The topological polar surface area (TPSA) is 67.4 Å². The Bertz CT molecular complexity index is 1070. The van der Waals surface area contributed by atoms with E-state index < -0.39 is 0 Å². The minimum atomic E-state index is -0.317. The summed E-state index contributed by atoms with van der Waals surface area (Å²) >= 11 is 0. The Morgan fingerprint density at radius 3 is 2.68 bits per heavy atom. The van der Waals surface area contributed by atoms with Crippen molar-refractivity contribution >= 4 is 17.4 Å². The van der Waals surface area contributed by atoms with E-state index in [4.69, 9.17) is 4.74 Å². The molecule has 6 nitrogen and oxygen atoms in total. The number of amides is 1. The third-order valence-corrected chi connectivity index (χ3v) is 5.42. The van der Waals surface area contributed by atoms with Crippen molar-refractivity contribution in [2.24, 2.45) is 5.92 Å². The Morgan fingerprint density at radius 2 is 1.90 bits per heavy atom. The number of piperidine rings is 1. The molecule has 1 aromatic heterocycles. The molecule has 0 saturated carbocycles. The summed E-state index contributed by atoms with van der Waals surface area (Å²) in [5.74, 6) is 1.12. The minimum Gasteiger partial charge on any atom is -0.436 e. The van der Waals surface area contributed by atoms with E-state index in [1.807, 2.05) is 36.1 Å². The highest BCUT2D eigenvalue weighted by molar-refractivity contribution is 5.93. The predicted octanol–water partition coefficient (Wildman–Crippen LogP) is 4.88. The van der Waals surface area contributed by atoms with Crippen LogP contribution in [0.4, 0.5) is 15.9 Å². The van der Waals surface area contributed by atoms with Crippen LogP contribution in [0.5, 0.6) is 11.6 Å². The summed E-state index contributed by atoms with van der Waals surface area (Å²) in [7, 11) is 0. The lowest BCUT2D eigenvalue weighted by Gasteiger charge is -2.33. The van der Waals surface area contributed by atoms with Crippen molar-refractivity contribution in [2.45, 2.75) is 26.7 Å². The molecular weight excluding hydrogens is 395 g/mol. The minimum absolute atomic E-state index is 0.0794. The summed E-state index contributed by atoms with van der Waals surface area (Å²) < 4.78 is 19.3. The fourth-order valence-electron chi connectivity index (χ4n) is 3.71. The molecule has 1 aliphatic heterocycles. The fourth-order valence-corrected chi connectivity index (χ4v) is 3.71. The largest absolute Gasteiger partial charge is 0.436 e. The number of nitrogens with one attached hydrogen (secondary N) is 1. The number of hydrogen-bond acceptors (Lipinski definition) is 5. The zero-order chi connectivity index (χ0) is 21.8. The second-order valence-corrected chi connectivity index (χ2v) is 7.83. The van der Waals surface area contributed by atoms with Crippen LogP contribution in [0.2, 0.25) is 0 Å². The maximum Gasteiger partial charge on any atom is 0.263 e. The molecule has 0 radical (unpaired) electrons. The smallest absolute Gasteiger partial charge is 0.263 e. The molecule has 1 N–H and O–H groups in total. The summed E-state index contributed by atoms with van der Waals surface area (Å²) in [5, 5.41) is 2.94. The van der Waals surface area contributed by atoms with Crippen molar-refractivity contribution < 1.29 is 13.9 Å². The molecule has 1 atom stereocenters. The molecule has 0 aliphatic carbocycles. The summed E-state index contributed by atoms with van der Waals surface area (Å²) in [6.07, 6.45) is 4.85. The van der Waals surface area contributed by atoms with E-state index in [2.05, 4.69) is 15.3 Å². The van der Waals surface area contributed by atoms with Crippen molar-refractivity contribution in [1.29, 1.82) is 0 Å². The van der Waals surface area contributed by atoms with Crippen molar-refractivity contribution in [3.05, 3.63) is 71.8 Å². The molecule has 3 aromatic rings. The Balaban J connectivity index is 1.48. The highest BCUT2D eigenvalue weighted by atomic mass is 19.1. The number of anilines is 2. The van der Waals surface area contributed by atoms with Gasteiger partial charge in [-0.1, -0.05) is 17.7 Å². The Morgan fingerprint density at radius 1 is 1.13 bits per heavy atom. The average molecular weight is 420 g/mol. The number of nitrogens with zero attached hydrogens (tertiary/aromatic N) is 3. The van der Waals surface area contributed by atoms with Crippen LogP contribution >= 0.6 is 0 Å².